The first kappa shape index (κ1) is 15.6. The summed E-state index contributed by atoms with van der Waals surface area (Å²) in [4.78, 5) is 0. The van der Waals surface area contributed by atoms with E-state index in [2.05, 4.69) is 44.2 Å². The fourth-order valence-electron chi connectivity index (χ4n) is 2.26. The lowest BCUT2D eigenvalue weighted by atomic mass is 10.1. The third kappa shape index (κ3) is 4.91. The zero-order valence-corrected chi connectivity index (χ0v) is 13.2. The molecule has 0 aliphatic heterocycles. The minimum atomic E-state index is 0.255. The van der Waals surface area contributed by atoms with Crippen LogP contribution in [0.3, 0.4) is 0 Å². The average Bonchev–Trinajstić information content (AvgIpc) is 2.47. The maximum absolute atomic E-state index is 5.88. The molecule has 2 N–H and O–H groups in total. The second-order valence-corrected chi connectivity index (χ2v) is 5.88. The van der Waals surface area contributed by atoms with Gasteiger partial charge in [-0.25, -0.2) is 0 Å². The van der Waals surface area contributed by atoms with Crippen molar-refractivity contribution in [1.29, 1.82) is 0 Å². The number of aryl methyl sites for hydroxylation is 3. The van der Waals surface area contributed by atoms with Crippen molar-refractivity contribution in [3.05, 3.63) is 64.7 Å². The fraction of sp³-hybridized carbons (Fsp3) is 0.368. The van der Waals surface area contributed by atoms with Crippen LogP contribution in [0.4, 0.5) is 0 Å². The van der Waals surface area contributed by atoms with Crippen molar-refractivity contribution < 1.29 is 4.74 Å². The van der Waals surface area contributed by atoms with Crippen molar-refractivity contribution in [2.75, 3.05) is 0 Å². The third-order valence-corrected chi connectivity index (χ3v) is 3.71. The minimum Gasteiger partial charge on any atom is -0.489 e. The summed E-state index contributed by atoms with van der Waals surface area (Å²) in [6.07, 6.45) is 2.04. The van der Waals surface area contributed by atoms with E-state index in [-0.39, 0.29) is 6.04 Å². The molecule has 112 valence electrons. The molecule has 0 heterocycles. The maximum Gasteiger partial charge on any atom is 0.119 e. The Kier molecular flexibility index (Phi) is 5.40. The molecule has 1 atom stereocenters. The van der Waals surface area contributed by atoms with Gasteiger partial charge in [0.2, 0.25) is 0 Å². The van der Waals surface area contributed by atoms with E-state index in [1.807, 2.05) is 19.1 Å². The van der Waals surface area contributed by atoms with Crippen LogP contribution in [0.5, 0.6) is 5.75 Å². The predicted molar refractivity (Wildman–Crippen MR) is 88.7 cm³/mol. The molecule has 2 aromatic rings. The molecule has 0 amide bonds. The van der Waals surface area contributed by atoms with Gasteiger partial charge < -0.3 is 10.5 Å². The van der Waals surface area contributed by atoms with Crippen molar-refractivity contribution in [2.24, 2.45) is 5.73 Å². The zero-order valence-electron chi connectivity index (χ0n) is 13.2. The largest absolute Gasteiger partial charge is 0.489 e. The summed E-state index contributed by atoms with van der Waals surface area (Å²) in [7, 11) is 0. The first-order valence-corrected chi connectivity index (χ1v) is 7.58. The van der Waals surface area contributed by atoms with E-state index in [9.17, 15) is 0 Å². The molecule has 0 fully saturated rings. The van der Waals surface area contributed by atoms with Gasteiger partial charge in [-0.2, -0.15) is 0 Å². The van der Waals surface area contributed by atoms with Crippen molar-refractivity contribution in [2.45, 2.75) is 46.3 Å². The number of hydrogen-bond donors (Lipinski definition) is 1. The molecule has 0 bridgehead atoms. The van der Waals surface area contributed by atoms with Gasteiger partial charge in [0.15, 0.2) is 0 Å². The van der Waals surface area contributed by atoms with Gasteiger partial charge in [0.1, 0.15) is 12.4 Å². The molecular formula is C19H25NO. The molecule has 1 unspecified atom stereocenters. The SMILES string of the molecule is Cc1ccc(C)c(COc2ccc(CCC(C)N)cc2)c1. The van der Waals surface area contributed by atoms with Crippen LogP contribution in [0, 0.1) is 13.8 Å². The van der Waals surface area contributed by atoms with Gasteiger partial charge in [-0.3, -0.25) is 0 Å². The minimum absolute atomic E-state index is 0.255. The van der Waals surface area contributed by atoms with Gasteiger partial charge in [-0.05, 0) is 62.4 Å². The van der Waals surface area contributed by atoms with Crippen LogP contribution in [0.15, 0.2) is 42.5 Å². The lowest BCUT2D eigenvalue weighted by molar-refractivity contribution is 0.305. The standard InChI is InChI=1S/C19H25NO/c1-14-4-5-15(2)18(12-14)13-21-19-10-8-17(9-11-19)7-6-16(3)20/h4-5,8-12,16H,6-7,13,20H2,1-3H3. The molecule has 0 spiro atoms. The molecule has 0 aromatic heterocycles. The second kappa shape index (κ2) is 7.28. The Morgan fingerprint density at radius 3 is 2.43 bits per heavy atom. The fourth-order valence-corrected chi connectivity index (χ4v) is 2.26. The maximum atomic E-state index is 5.88. The first-order valence-electron chi connectivity index (χ1n) is 7.58. The Balaban J connectivity index is 1.93. The summed E-state index contributed by atoms with van der Waals surface area (Å²) in [6.45, 7) is 6.89. The molecule has 2 nitrogen and oxygen atoms in total. The summed E-state index contributed by atoms with van der Waals surface area (Å²) in [5.74, 6) is 0.917. The molecule has 0 aliphatic carbocycles. The van der Waals surface area contributed by atoms with Crippen LogP contribution in [0.2, 0.25) is 0 Å². The number of benzene rings is 2. The van der Waals surface area contributed by atoms with Crippen LogP contribution in [0.25, 0.3) is 0 Å². The third-order valence-electron chi connectivity index (χ3n) is 3.71. The van der Waals surface area contributed by atoms with Crippen molar-refractivity contribution in [1.82, 2.24) is 0 Å². The van der Waals surface area contributed by atoms with Crippen LogP contribution >= 0.6 is 0 Å². The highest BCUT2D eigenvalue weighted by molar-refractivity contribution is 5.31. The van der Waals surface area contributed by atoms with Gasteiger partial charge in [-0.15, -0.1) is 0 Å². The number of nitrogens with two attached hydrogens (primary N) is 1. The molecule has 0 radical (unpaired) electrons. The number of hydrogen-bond acceptors (Lipinski definition) is 2. The Morgan fingerprint density at radius 1 is 1.05 bits per heavy atom. The summed E-state index contributed by atoms with van der Waals surface area (Å²) in [5, 5.41) is 0. The normalized spacial score (nSPS) is 12.2. The highest BCUT2D eigenvalue weighted by atomic mass is 16.5. The zero-order chi connectivity index (χ0) is 15.2. The number of rotatable bonds is 6. The summed E-state index contributed by atoms with van der Waals surface area (Å²) in [5.41, 5.74) is 10.9. The second-order valence-electron chi connectivity index (χ2n) is 5.88. The Bertz CT molecular complexity index is 573. The van der Waals surface area contributed by atoms with E-state index >= 15 is 0 Å². The molecule has 0 saturated carbocycles. The van der Waals surface area contributed by atoms with Crippen LogP contribution in [-0.4, -0.2) is 6.04 Å². The van der Waals surface area contributed by atoms with Gasteiger partial charge >= 0.3 is 0 Å². The lowest BCUT2D eigenvalue weighted by Crippen LogP contribution is -2.15. The molecular weight excluding hydrogens is 258 g/mol. The van der Waals surface area contributed by atoms with Crippen molar-refractivity contribution in [3.8, 4) is 5.75 Å². The Morgan fingerprint density at radius 2 is 1.76 bits per heavy atom. The molecule has 2 rings (SSSR count). The monoisotopic (exact) mass is 283 g/mol. The van der Waals surface area contributed by atoms with Crippen molar-refractivity contribution in [3.63, 3.8) is 0 Å². The van der Waals surface area contributed by atoms with Crippen LogP contribution < -0.4 is 10.5 Å². The average molecular weight is 283 g/mol. The highest BCUT2D eigenvalue weighted by Crippen LogP contribution is 2.17. The molecule has 0 aliphatic rings. The number of ether oxygens (including phenoxy) is 1. The predicted octanol–water partition coefficient (Wildman–Crippen LogP) is 4.16. The molecule has 2 heteroatoms. The summed E-state index contributed by atoms with van der Waals surface area (Å²) < 4.78 is 5.88. The van der Waals surface area contributed by atoms with Gasteiger partial charge in [0, 0.05) is 6.04 Å². The Labute approximate surface area is 127 Å². The molecule has 21 heavy (non-hydrogen) atoms. The molecule has 0 saturated heterocycles. The summed E-state index contributed by atoms with van der Waals surface area (Å²) >= 11 is 0. The lowest BCUT2D eigenvalue weighted by Gasteiger charge is -2.10. The van der Waals surface area contributed by atoms with Crippen LogP contribution in [-0.2, 0) is 13.0 Å². The quantitative estimate of drug-likeness (QED) is 0.864. The van der Waals surface area contributed by atoms with E-state index in [4.69, 9.17) is 10.5 Å². The van der Waals surface area contributed by atoms with E-state index in [1.165, 1.54) is 22.3 Å². The smallest absolute Gasteiger partial charge is 0.119 e. The van der Waals surface area contributed by atoms with Gasteiger partial charge in [0.25, 0.3) is 0 Å². The van der Waals surface area contributed by atoms with E-state index in [1.54, 1.807) is 0 Å². The highest BCUT2D eigenvalue weighted by Gasteiger charge is 2.02. The van der Waals surface area contributed by atoms with Crippen LogP contribution in [0.1, 0.15) is 35.6 Å². The van der Waals surface area contributed by atoms with Gasteiger partial charge in [-0.1, -0.05) is 35.9 Å². The van der Waals surface area contributed by atoms with Gasteiger partial charge in [0.05, 0.1) is 0 Å². The van der Waals surface area contributed by atoms with E-state index in [0.717, 1.165) is 18.6 Å². The Hall–Kier alpha value is -1.80. The first-order chi connectivity index (χ1) is 10.0. The van der Waals surface area contributed by atoms with E-state index < -0.39 is 0 Å². The molecule has 2 aromatic carbocycles. The summed E-state index contributed by atoms with van der Waals surface area (Å²) in [6, 6.07) is 15.1. The van der Waals surface area contributed by atoms with E-state index in [0.29, 0.717) is 6.61 Å². The topological polar surface area (TPSA) is 35.2 Å². The van der Waals surface area contributed by atoms with Crippen molar-refractivity contribution >= 4 is 0 Å².